The molecule has 1 atom stereocenters. The zero-order chi connectivity index (χ0) is 20.6. The maximum Gasteiger partial charge on any atom is 0.416 e. The number of fused-ring (bicyclic) bond motifs is 1. The number of nitrogens with one attached hydrogen (secondary N) is 1. The van der Waals surface area contributed by atoms with Gasteiger partial charge >= 0.3 is 12.3 Å². The van der Waals surface area contributed by atoms with Gasteiger partial charge in [0.25, 0.3) is 0 Å². The monoisotopic (exact) mass is 402 g/mol. The van der Waals surface area contributed by atoms with E-state index in [2.05, 4.69) is 15.5 Å². The number of carboxylic acid groups (broad SMARTS) is 1. The molecule has 2 N–H and O–H groups in total. The number of aromatic nitrogens is 2. The fourth-order valence-corrected chi connectivity index (χ4v) is 3.49. The van der Waals surface area contributed by atoms with E-state index in [0.717, 1.165) is 22.9 Å². The molecule has 6 nitrogen and oxygen atoms in total. The minimum atomic E-state index is -4.40. The maximum absolute atomic E-state index is 12.8. The number of amides is 1. The predicted octanol–water partition coefficient (Wildman–Crippen LogP) is 4.48. The number of alkyl halides is 3. The van der Waals surface area contributed by atoms with Crippen molar-refractivity contribution in [2.45, 2.75) is 18.6 Å². The molecular weight excluding hydrogens is 385 g/mol. The molecular formula is C20H17F3N4O2. The lowest BCUT2D eigenvalue weighted by Crippen LogP contribution is -2.30. The summed E-state index contributed by atoms with van der Waals surface area (Å²) in [5, 5.41) is 22.3. The standard InChI is InChI=1S/C20H17F3N4O2/c21-20(22,23)13-7-5-12(6-8-13)17-15-3-1-2-4-16(15)18(26-25-17)24-14-9-10-27(11-14)19(28)29/h1-8,14H,9-11H2,(H,24,26)(H,28,29)/t14-/m0/s1. The molecule has 1 aromatic heterocycles. The summed E-state index contributed by atoms with van der Waals surface area (Å²) in [5.41, 5.74) is 0.297. The van der Waals surface area contributed by atoms with Gasteiger partial charge in [0.1, 0.15) is 5.69 Å². The Balaban J connectivity index is 1.66. The Bertz CT molecular complexity index is 1050. The van der Waals surface area contributed by atoms with Crippen molar-refractivity contribution in [3.05, 3.63) is 54.1 Å². The summed E-state index contributed by atoms with van der Waals surface area (Å²) in [7, 11) is 0. The lowest BCUT2D eigenvalue weighted by Gasteiger charge is -2.16. The molecule has 0 spiro atoms. The van der Waals surface area contributed by atoms with Gasteiger partial charge in [-0.1, -0.05) is 36.4 Å². The second-order valence-electron chi connectivity index (χ2n) is 6.88. The molecule has 0 saturated carbocycles. The summed E-state index contributed by atoms with van der Waals surface area (Å²) in [6, 6.07) is 12.1. The number of anilines is 1. The van der Waals surface area contributed by atoms with Crippen molar-refractivity contribution in [1.29, 1.82) is 0 Å². The highest BCUT2D eigenvalue weighted by atomic mass is 19.4. The van der Waals surface area contributed by atoms with Gasteiger partial charge in [-0.3, -0.25) is 0 Å². The molecule has 0 radical (unpaired) electrons. The largest absolute Gasteiger partial charge is 0.465 e. The summed E-state index contributed by atoms with van der Waals surface area (Å²) >= 11 is 0. The van der Waals surface area contributed by atoms with Gasteiger partial charge < -0.3 is 15.3 Å². The first-order valence-electron chi connectivity index (χ1n) is 9.00. The second kappa shape index (κ2) is 7.23. The summed E-state index contributed by atoms with van der Waals surface area (Å²) in [5.74, 6) is 0.522. The Morgan fingerprint density at radius 1 is 1.07 bits per heavy atom. The first-order valence-corrected chi connectivity index (χ1v) is 9.00. The minimum Gasteiger partial charge on any atom is -0.465 e. The van der Waals surface area contributed by atoms with Gasteiger partial charge in [0.05, 0.1) is 5.56 Å². The van der Waals surface area contributed by atoms with E-state index in [1.807, 2.05) is 24.3 Å². The number of hydrogen-bond acceptors (Lipinski definition) is 4. The summed E-state index contributed by atoms with van der Waals surface area (Å²) in [4.78, 5) is 12.4. The molecule has 1 aliphatic heterocycles. The van der Waals surface area contributed by atoms with Crippen LogP contribution >= 0.6 is 0 Å². The number of likely N-dealkylation sites (tertiary alicyclic amines) is 1. The van der Waals surface area contributed by atoms with E-state index in [9.17, 15) is 18.0 Å². The fourth-order valence-electron chi connectivity index (χ4n) is 3.49. The van der Waals surface area contributed by atoms with E-state index in [1.54, 1.807) is 0 Å². The molecule has 0 bridgehead atoms. The van der Waals surface area contributed by atoms with E-state index in [1.165, 1.54) is 17.0 Å². The molecule has 1 saturated heterocycles. The molecule has 29 heavy (non-hydrogen) atoms. The highest BCUT2D eigenvalue weighted by molar-refractivity contribution is 6.00. The third-order valence-electron chi connectivity index (χ3n) is 4.97. The SMILES string of the molecule is O=C(O)N1CC[C@H](Nc2nnc(-c3ccc(C(F)(F)F)cc3)c3ccccc23)C1. The Hall–Kier alpha value is -3.36. The number of rotatable bonds is 3. The molecule has 1 amide bonds. The van der Waals surface area contributed by atoms with E-state index in [-0.39, 0.29) is 6.04 Å². The first-order chi connectivity index (χ1) is 13.8. The van der Waals surface area contributed by atoms with Gasteiger partial charge in [-0.15, -0.1) is 10.2 Å². The average Bonchev–Trinajstić information content (AvgIpc) is 3.17. The van der Waals surface area contributed by atoms with Crippen LogP contribution in [0, 0.1) is 0 Å². The van der Waals surface area contributed by atoms with Gasteiger partial charge in [0, 0.05) is 35.5 Å². The second-order valence-corrected chi connectivity index (χ2v) is 6.88. The predicted molar refractivity (Wildman–Crippen MR) is 102 cm³/mol. The fraction of sp³-hybridized carbons (Fsp3) is 0.250. The van der Waals surface area contributed by atoms with Crippen molar-refractivity contribution in [2.24, 2.45) is 0 Å². The summed E-state index contributed by atoms with van der Waals surface area (Å²) < 4.78 is 38.5. The normalized spacial score (nSPS) is 16.9. The van der Waals surface area contributed by atoms with Crippen molar-refractivity contribution >= 4 is 22.7 Å². The van der Waals surface area contributed by atoms with Crippen LogP contribution in [0.4, 0.5) is 23.8 Å². The van der Waals surface area contributed by atoms with Crippen molar-refractivity contribution in [3.63, 3.8) is 0 Å². The number of benzene rings is 2. The smallest absolute Gasteiger partial charge is 0.416 e. The van der Waals surface area contributed by atoms with Crippen LogP contribution in [0.1, 0.15) is 12.0 Å². The van der Waals surface area contributed by atoms with Gasteiger partial charge in [0.2, 0.25) is 0 Å². The Kier molecular flexibility index (Phi) is 4.73. The van der Waals surface area contributed by atoms with Crippen LogP contribution in [0.2, 0.25) is 0 Å². The van der Waals surface area contributed by atoms with Crippen LogP contribution < -0.4 is 5.32 Å². The van der Waals surface area contributed by atoms with Gasteiger partial charge in [-0.05, 0) is 18.6 Å². The first kappa shape index (κ1) is 19.0. The Labute approximate surface area is 164 Å². The number of carbonyl (C=O) groups is 1. The molecule has 9 heteroatoms. The lowest BCUT2D eigenvalue weighted by molar-refractivity contribution is -0.137. The molecule has 2 heterocycles. The number of nitrogens with zero attached hydrogens (tertiary/aromatic N) is 3. The average molecular weight is 402 g/mol. The van der Waals surface area contributed by atoms with E-state index >= 15 is 0 Å². The third kappa shape index (κ3) is 3.80. The van der Waals surface area contributed by atoms with Crippen LogP contribution in [0.5, 0.6) is 0 Å². The zero-order valence-electron chi connectivity index (χ0n) is 15.1. The van der Waals surface area contributed by atoms with Crippen LogP contribution in [0.25, 0.3) is 22.0 Å². The molecule has 0 unspecified atom stereocenters. The number of hydrogen-bond donors (Lipinski definition) is 2. The molecule has 3 aromatic rings. The molecule has 2 aromatic carbocycles. The maximum atomic E-state index is 12.8. The molecule has 1 aliphatic rings. The quantitative estimate of drug-likeness (QED) is 0.675. The zero-order valence-corrected chi connectivity index (χ0v) is 15.1. The third-order valence-corrected chi connectivity index (χ3v) is 4.97. The molecule has 0 aliphatic carbocycles. The van der Waals surface area contributed by atoms with Gasteiger partial charge in [-0.25, -0.2) is 4.79 Å². The van der Waals surface area contributed by atoms with Crippen molar-refractivity contribution in [2.75, 3.05) is 18.4 Å². The highest BCUT2D eigenvalue weighted by Gasteiger charge is 2.30. The van der Waals surface area contributed by atoms with Gasteiger partial charge in [0.15, 0.2) is 5.82 Å². The topological polar surface area (TPSA) is 78.4 Å². The molecule has 1 fully saturated rings. The minimum absolute atomic E-state index is 0.0827. The highest BCUT2D eigenvalue weighted by Crippen LogP contribution is 2.33. The van der Waals surface area contributed by atoms with E-state index in [0.29, 0.717) is 36.6 Å². The van der Waals surface area contributed by atoms with Crippen LogP contribution in [0.3, 0.4) is 0 Å². The number of halogens is 3. The van der Waals surface area contributed by atoms with Crippen LogP contribution in [-0.4, -0.2) is 45.4 Å². The lowest BCUT2D eigenvalue weighted by atomic mass is 10.0. The summed E-state index contributed by atoms with van der Waals surface area (Å²) in [6.07, 6.45) is -4.70. The van der Waals surface area contributed by atoms with Crippen molar-refractivity contribution in [3.8, 4) is 11.3 Å². The Morgan fingerprint density at radius 2 is 1.76 bits per heavy atom. The van der Waals surface area contributed by atoms with Crippen LogP contribution in [-0.2, 0) is 6.18 Å². The van der Waals surface area contributed by atoms with Gasteiger partial charge in [-0.2, -0.15) is 13.2 Å². The summed E-state index contributed by atoms with van der Waals surface area (Å²) in [6.45, 7) is 0.800. The van der Waals surface area contributed by atoms with Crippen molar-refractivity contribution < 1.29 is 23.1 Å². The van der Waals surface area contributed by atoms with E-state index in [4.69, 9.17) is 5.11 Å². The molecule has 150 valence electrons. The van der Waals surface area contributed by atoms with E-state index < -0.39 is 17.8 Å². The Morgan fingerprint density at radius 3 is 2.38 bits per heavy atom. The van der Waals surface area contributed by atoms with Crippen molar-refractivity contribution in [1.82, 2.24) is 15.1 Å². The van der Waals surface area contributed by atoms with Crippen LogP contribution in [0.15, 0.2) is 48.5 Å². The molecule has 4 rings (SSSR count).